The number of ether oxygens (including phenoxy) is 2. The van der Waals surface area contributed by atoms with E-state index >= 15 is 0 Å². The Labute approximate surface area is 173 Å². The van der Waals surface area contributed by atoms with Crippen LogP contribution in [0.3, 0.4) is 0 Å². The molecule has 0 spiro atoms. The molecular weight excluding hydrogens is 364 g/mol. The van der Waals surface area contributed by atoms with Gasteiger partial charge in [-0.25, -0.2) is 4.98 Å². The van der Waals surface area contributed by atoms with Crippen LogP contribution in [0.5, 0.6) is 11.6 Å². The Morgan fingerprint density at radius 1 is 1.10 bits per heavy atom. The van der Waals surface area contributed by atoms with Gasteiger partial charge in [0.05, 0.1) is 30.5 Å². The molecule has 0 bridgehead atoms. The summed E-state index contributed by atoms with van der Waals surface area (Å²) in [5.74, 6) is 1.46. The monoisotopic (exact) mass is 396 g/mol. The van der Waals surface area contributed by atoms with Gasteiger partial charge in [0.25, 0.3) is 0 Å². The second-order valence-electron chi connectivity index (χ2n) is 7.81. The van der Waals surface area contributed by atoms with Crippen LogP contribution in [0.4, 0.5) is 5.69 Å². The van der Waals surface area contributed by atoms with Crippen molar-refractivity contribution in [2.24, 2.45) is 0 Å². The Balaban J connectivity index is 1.80. The number of unbranched alkanes of at least 4 members (excludes halogenated alkanes) is 1. The molecule has 1 fully saturated rings. The number of hydrogen-bond donors (Lipinski definition) is 1. The number of nitrogens with one attached hydrogen (secondary N) is 1. The fourth-order valence-electron chi connectivity index (χ4n) is 4.03. The number of methoxy groups -OCH3 is 1. The van der Waals surface area contributed by atoms with E-state index in [4.69, 9.17) is 9.47 Å². The second-order valence-corrected chi connectivity index (χ2v) is 7.81. The highest BCUT2D eigenvalue weighted by Crippen LogP contribution is 2.41. The molecule has 3 rings (SSSR count). The normalized spacial score (nSPS) is 15.6. The van der Waals surface area contributed by atoms with Gasteiger partial charge < -0.3 is 14.8 Å². The molecule has 1 aliphatic carbocycles. The summed E-state index contributed by atoms with van der Waals surface area (Å²) in [5.41, 5.74) is 2.07. The van der Waals surface area contributed by atoms with Gasteiger partial charge >= 0.3 is 0 Å². The van der Waals surface area contributed by atoms with Crippen LogP contribution in [-0.2, 0) is 10.2 Å². The van der Waals surface area contributed by atoms with Crippen LogP contribution in [0.2, 0.25) is 0 Å². The first-order valence-corrected chi connectivity index (χ1v) is 10.7. The third-order valence-corrected chi connectivity index (χ3v) is 5.84. The Morgan fingerprint density at radius 2 is 1.83 bits per heavy atom. The van der Waals surface area contributed by atoms with E-state index in [0.29, 0.717) is 12.5 Å². The molecule has 156 valence electrons. The standard InChI is InChI=1S/C24H32N2O3/c1-4-5-17-29-22-14-13-21(18(2)25-22)26-23(27)24(15-7-6-8-16-24)19-9-11-20(28-3)12-10-19/h9-14H,4-8,15-17H2,1-3H3,(H,26,27). The summed E-state index contributed by atoms with van der Waals surface area (Å²) in [6, 6.07) is 11.7. The number of rotatable bonds is 8. The summed E-state index contributed by atoms with van der Waals surface area (Å²) in [7, 11) is 1.66. The second kappa shape index (κ2) is 9.77. The van der Waals surface area contributed by atoms with Crippen LogP contribution in [-0.4, -0.2) is 24.6 Å². The topological polar surface area (TPSA) is 60.5 Å². The van der Waals surface area contributed by atoms with E-state index in [-0.39, 0.29) is 5.91 Å². The molecule has 1 N–H and O–H groups in total. The quantitative estimate of drug-likeness (QED) is 0.606. The van der Waals surface area contributed by atoms with Crippen molar-refractivity contribution in [3.8, 4) is 11.6 Å². The smallest absolute Gasteiger partial charge is 0.235 e. The molecule has 1 heterocycles. The summed E-state index contributed by atoms with van der Waals surface area (Å²) < 4.78 is 11.0. The lowest BCUT2D eigenvalue weighted by molar-refractivity contribution is -0.122. The first-order chi connectivity index (χ1) is 14.1. The zero-order valence-electron chi connectivity index (χ0n) is 17.8. The number of anilines is 1. The molecule has 5 heteroatoms. The predicted molar refractivity (Wildman–Crippen MR) is 116 cm³/mol. The number of amides is 1. The van der Waals surface area contributed by atoms with E-state index in [9.17, 15) is 4.79 Å². The third-order valence-electron chi connectivity index (χ3n) is 5.84. The highest BCUT2D eigenvalue weighted by molar-refractivity contribution is 5.99. The summed E-state index contributed by atoms with van der Waals surface area (Å²) in [6.45, 7) is 4.70. The number of benzene rings is 1. The molecule has 0 aliphatic heterocycles. The molecule has 0 unspecified atom stereocenters. The lowest BCUT2D eigenvalue weighted by atomic mass is 9.68. The summed E-state index contributed by atoms with van der Waals surface area (Å²) in [5, 5.41) is 3.15. The van der Waals surface area contributed by atoms with Crippen molar-refractivity contribution in [1.82, 2.24) is 4.98 Å². The first-order valence-electron chi connectivity index (χ1n) is 10.7. The van der Waals surface area contributed by atoms with Crippen molar-refractivity contribution >= 4 is 11.6 Å². The summed E-state index contributed by atoms with van der Waals surface area (Å²) >= 11 is 0. The lowest BCUT2D eigenvalue weighted by Gasteiger charge is -2.36. The molecule has 1 amide bonds. The van der Waals surface area contributed by atoms with Gasteiger partial charge in [-0.05, 0) is 49.9 Å². The van der Waals surface area contributed by atoms with E-state index in [0.717, 1.165) is 61.2 Å². The van der Waals surface area contributed by atoms with E-state index in [1.54, 1.807) is 7.11 Å². The molecule has 1 saturated carbocycles. The van der Waals surface area contributed by atoms with Gasteiger partial charge in [0.15, 0.2) is 0 Å². The maximum atomic E-state index is 13.5. The van der Waals surface area contributed by atoms with Crippen LogP contribution < -0.4 is 14.8 Å². The number of hydrogen-bond acceptors (Lipinski definition) is 4. The predicted octanol–water partition coefficient (Wildman–Crippen LogP) is 5.42. The van der Waals surface area contributed by atoms with Crippen molar-refractivity contribution in [1.29, 1.82) is 0 Å². The largest absolute Gasteiger partial charge is 0.497 e. The Bertz CT molecular complexity index is 811. The Morgan fingerprint density at radius 3 is 2.45 bits per heavy atom. The number of carbonyl (C=O) groups is 1. The molecule has 29 heavy (non-hydrogen) atoms. The van der Waals surface area contributed by atoms with Crippen LogP contribution in [0.25, 0.3) is 0 Å². The molecule has 2 aromatic rings. The maximum absolute atomic E-state index is 13.5. The molecule has 0 radical (unpaired) electrons. The van der Waals surface area contributed by atoms with Crippen LogP contribution in [0, 0.1) is 6.92 Å². The lowest BCUT2D eigenvalue weighted by Crippen LogP contribution is -2.42. The van der Waals surface area contributed by atoms with E-state index in [2.05, 4.69) is 17.2 Å². The number of nitrogens with zero attached hydrogens (tertiary/aromatic N) is 1. The van der Waals surface area contributed by atoms with Crippen molar-refractivity contribution in [3.63, 3.8) is 0 Å². The fraction of sp³-hybridized carbons (Fsp3) is 0.500. The van der Waals surface area contributed by atoms with Crippen molar-refractivity contribution in [3.05, 3.63) is 47.7 Å². The maximum Gasteiger partial charge on any atom is 0.235 e. The first kappa shape index (κ1) is 21.2. The van der Waals surface area contributed by atoms with Gasteiger partial charge in [0, 0.05) is 6.07 Å². The molecule has 0 saturated heterocycles. The third kappa shape index (κ3) is 4.89. The van der Waals surface area contributed by atoms with Gasteiger partial charge in [-0.1, -0.05) is 44.7 Å². The van der Waals surface area contributed by atoms with E-state index in [1.165, 1.54) is 6.42 Å². The van der Waals surface area contributed by atoms with Gasteiger partial charge in [-0.2, -0.15) is 0 Å². The number of aryl methyl sites for hydroxylation is 1. The zero-order valence-corrected chi connectivity index (χ0v) is 17.8. The van der Waals surface area contributed by atoms with E-state index < -0.39 is 5.41 Å². The van der Waals surface area contributed by atoms with Crippen LogP contribution in [0.1, 0.15) is 63.1 Å². The Hall–Kier alpha value is -2.56. The number of carbonyl (C=O) groups excluding carboxylic acids is 1. The SMILES string of the molecule is CCCCOc1ccc(NC(=O)C2(c3ccc(OC)cc3)CCCCC2)c(C)n1. The molecule has 0 atom stereocenters. The van der Waals surface area contributed by atoms with Gasteiger partial charge in [-0.15, -0.1) is 0 Å². The van der Waals surface area contributed by atoms with Crippen LogP contribution >= 0.6 is 0 Å². The minimum atomic E-state index is -0.507. The minimum Gasteiger partial charge on any atom is -0.497 e. The van der Waals surface area contributed by atoms with Gasteiger partial charge in [0.2, 0.25) is 11.8 Å². The van der Waals surface area contributed by atoms with Crippen LogP contribution in [0.15, 0.2) is 36.4 Å². The molecule has 1 aromatic heterocycles. The van der Waals surface area contributed by atoms with Gasteiger partial charge in [-0.3, -0.25) is 4.79 Å². The van der Waals surface area contributed by atoms with Crippen molar-refractivity contribution < 1.29 is 14.3 Å². The minimum absolute atomic E-state index is 0.0481. The Kier molecular flexibility index (Phi) is 7.13. The molecule has 1 aliphatic rings. The highest BCUT2D eigenvalue weighted by atomic mass is 16.5. The molecule has 5 nitrogen and oxygen atoms in total. The molecular formula is C24H32N2O3. The number of aromatic nitrogens is 1. The van der Waals surface area contributed by atoms with Crippen molar-refractivity contribution in [2.45, 2.75) is 64.2 Å². The number of pyridine rings is 1. The fourth-order valence-corrected chi connectivity index (χ4v) is 4.03. The molecule has 1 aromatic carbocycles. The van der Waals surface area contributed by atoms with E-state index in [1.807, 2.05) is 43.3 Å². The summed E-state index contributed by atoms with van der Waals surface area (Å²) in [4.78, 5) is 18.0. The summed E-state index contributed by atoms with van der Waals surface area (Å²) in [6.07, 6.45) is 7.09. The van der Waals surface area contributed by atoms with Crippen molar-refractivity contribution in [2.75, 3.05) is 19.0 Å². The average Bonchev–Trinajstić information content (AvgIpc) is 2.76. The highest BCUT2D eigenvalue weighted by Gasteiger charge is 2.41. The van der Waals surface area contributed by atoms with Gasteiger partial charge in [0.1, 0.15) is 5.75 Å². The zero-order chi connectivity index (χ0) is 20.7. The average molecular weight is 397 g/mol.